The Balaban J connectivity index is 2.00. The van der Waals surface area contributed by atoms with Gasteiger partial charge in [-0.15, -0.1) is 0 Å². The summed E-state index contributed by atoms with van der Waals surface area (Å²) in [6.45, 7) is -0.684. The minimum Gasteiger partial charge on any atom is -0.452 e. The second kappa shape index (κ2) is 7.65. The van der Waals surface area contributed by atoms with E-state index in [1.54, 1.807) is 18.2 Å². The van der Waals surface area contributed by atoms with Crippen molar-refractivity contribution in [3.63, 3.8) is 0 Å². The predicted octanol–water partition coefficient (Wildman–Crippen LogP) is 4.11. The molecule has 0 aliphatic rings. The van der Waals surface area contributed by atoms with Gasteiger partial charge in [0.2, 0.25) is 0 Å². The van der Waals surface area contributed by atoms with E-state index in [0.717, 1.165) is 15.7 Å². The van der Waals surface area contributed by atoms with Crippen molar-refractivity contribution in [3.05, 3.63) is 63.2 Å². The summed E-state index contributed by atoms with van der Waals surface area (Å²) in [5.74, 6) is -1.85. The predicted molar refractivity (Wildman–Crippen MR) is 89.5 cm³/mol. The number of halogens is 4. The Morgan fingerprint density at radius 3 is 2.46 bits per heavy atom. The Hall–Kier alpha value is -2.10. The summed E-state index contributed by atoms with van der Waals surface area (Å²) in [7, 11) is 0. The summed E-state index contributed by atoms with van der Waals surface area (Å²) in [5, 5.41) is 2.49. The third kappa shape index (κ3) is 4.95. The lowest BCUT2D eigenvalue weighted by Gasteiger charge is -2.12. The average Bonchev–Trinajstić information content (AvgIpc) is 2.52. The fourth-order valence-electron chi connectivity index (χ4n) is 1.88. The summed E-state index contributed by atoms with van der Waals surface area (Å²) in [6.07, 6.45) is -4.68. The molecule has 0 spiro atoms. The second-order valence-corrected chi connectivity index (χ2v) is 5.92. The molecule has 0 atom stereocenters. The number of hydrogen-bond acceptors (Lipinski definition) is 3. The van der Waals surface area contributed by atoms with E-state index < -0.39 is 35.8 Å². The lowest BCUT2D eigenvalue weighted by Crippen LogP contribution is -2.22. The van der Waals surface area contributed by atoms with E-state index in [2.05, 4.69) is 32.6 Å². The highest BCUT2D eigenvalue weighted by Crippen LogP contribution is 2.32. The Morgan fingerprint density at radius 2 is 1.79 bits per heavy atom. The van der Waals surface area contributed by atoms with Gasteiger partial charge in [-0.25, -0.2) is 4.79 Å². The number of ether oxygens (including phenoxy) is 1. The Labute approximate surface area is 149 Å². The van der Waals surface area contributed by atoms with Crippen molar-refractivity contribution in [3.8, 4) is 0 Å². The van der Waals surface area contributed by atoms with Crippen LogP contribution in [0.25, 0.3) is 0 Å². The number of rotatable bonds is 4. The van der Waals surface area contributed by atoms with Gasteiger partial charge in [0.15, 0.2) is 6.61 Å². The van der Waals surface area contributed by atoms with Gasteiger partial charge in [-0.1, -0.05) is 18.2 Å². The van der Waals surface area contributed by atoms with Crippen LogP contribution in [0.1, 0.15) is 15.9 Å². The maximum Gasteiger partial charge on any atom is 0.417 e. The second-order valence-electron chi connectivity index (χ2n) is 4.68. The highest BCUT2D eigenvalue weighted by molar-refractivity contribution is 14.1. The molecule has 4 nitrogen and oxygen atoms in total. The molecule has 1 amide bonds. The van der Waals surface area contributed by atoms with Gasteiger partial charge in [0.25, 0.3) is 5.91 Å². The van der Waals surface area contributed by atoms with Crippen molar-refractivity contribution < 1.29 is 27.5 Å². The van der Waals surface area contributed by atoms with Crippen LogP contribution in [0.5, 0.6) is 0 Å². The smallest absolute Gasteiger partial charge is 0.417 e. The van der Waals surface area contributed by atoms with Gasteiger partial charge in [-0.05, 0) is 52.9 Å². The highest BCUT2D eigenvalue weighted by atomic mass is 127. The zero-order valence-corrected chi connectivity index (χ0v) is 14.2. The van der Waals surface area contributed by atoms with Crippen LogP contribution >= 0.6 is 22.6 Å². The minimum atomic E-state index is -4.68. The molecular weight excluding hydrogens is 438 g/mol. The summed E-state index contributed by atoms with van der Waals surface area (Å²) < 4.78 is 44.1. The zero-order valence-electron chi connectivity index (χ0n) is 12.1. The first-order chi connectivity index (χ1) is 11.3. The fraction of sp³-hybridized carbons (Fsp3) is 0.125. The maximum absolute atomic E-state index is 12.8. The number of hydrogen-bond donors (Lipinski definition) is 1. The molecule has 2 aromatic rings. The van der Waals surface area contributed by atoms with Gasteiger partial charge in [-0.2, -0.15) is 13.2 Å². The minimum absolute atomic E-state index is 0.499. The van der Waals surface area contributed by atoms with E-state index >= 15 is 0 Å². The standard InChI is InChI=1S/C16H11F3INO3/c17-16(18,19)13-7-2-1-6-12(13)15(23)24-9-14(22)21-11-5-3-4-10(20)8-11/h1-8H,9H2,(H,21,22). The molecule has 0 radical (unpaired) electrons. The van der Waals surface area contributed by atoms with Crippen molar-refractivity contribution in [2.24, 2.45) is 0 Å². The Bertz CT molecular complexity index is 762. The molecule has 0 bridgehead atoms. The number of carbonyl (C=O) groups excluding carboxylic acids is 2. The van der Waals surface area contributed by atoms with Gasteiger partial charge in [-0.3, -0.25) is 4.79 Å². The number of esters is 1. The molecule has 8 heteroatoms. The van der Waals surface area contributed by atoms with Gasteiger partial charge in [0.1, 0.15) is 0 Å². The van der Waals surface area contributed by atoms with Crippen LogP contribution in [0.4, 0.5) is 18.9 Å². The van der Waals surface area contributed by atoms with Crippen molar-refractivity contribution in [2.45, 2.75) is 6.18 Å². The quantitative estimate of drug-likeness (QED) is 0.565. The number of carbonyl (C=O) groups is 2. The van der Waals surface area contributed by atoms with Gasteiger partial charge < -0.3 is 10.1 Å². The molecule has 0 unspecified atom stereocenters. The monoisotopic (exact) mass is 449 g/mol. The largest absolute Gasteiger partial charge is 0.452 e. The Morgan fingerprint density at radius 1 is 1.08 bits per heavy atom. The van der Waals surface area contributed by atoms with E-state index in [1.165, 1.54) is 12.1 Å². The molecule has 0 aliphatic carbocycles. The first kappa shape index (κ1) is 18.2. The van der Waals surface area contributed by atoms with E-state index in [0.29, 0.717) is 5.69 Å². The number of amides is 1. The van der Waals surface area contributed by atoms with Crippen molar-refractivity contribution in [1.29, 1.82) is 0 Å². The Kier molecular flexibility index (Phi) is 5.81. The highest BCUT2D eigenvalue weighted by Gasteiger charge is 2.35. The van der Waals surface area contributed by atoms with Crippen molar-refractivity contribution in [2.75, 3.05) is 11.9 Å². The molecule has 1 N–H and O–H groups in total. The fourth-order valence-corrected chi connectivity index (χ4v) is 2.42. The number of benzene rings is 2. The molecular formula is C16H11F3INO3. The molecule has 0 aromatic heterocycles. The molecule has 0 aliphatic heterocycles. The lowest BCUT2D eigenvalue weighted by molar-refractivity contribution is -0.138. The first-order valence-corrected chi connectivity index (χ1v) is 7.74. The van der Waals surface area contributed by atoms with Gasteiger partial charge in [0, 0.05) is 9.26 Å². The molecule has 0 fully saturated rings. The van der Waals surface area contributed by atoms with Crippen LogP contribution < -0.4 is 5.32 Å². The van der Waals surface area contributed by atoms with E-state index in [1.807, 2.05) is 6.07 Å². The third-order valence-corrected chi connectivity index (χ3v) is 3.57. The summed E-state index contributed by atoms with van der Waals surface area (Å²) in [6, 6.07) is 11.1. The van der Waals surface area contributed by atoms with E-state index in [-0.39, 0.29) is 0 Å². The van der Waals surface area contributed by atoms with Gasteiger partial charge >= 0.3 is 12.1 Å². The molecule has 2 rings (SSSR count). The van der Waals surface area contributed by atoms with Crippen LogP contribution in [0.3, 0.4) is 0 Å². The maximum atomic E-state index is 12.8. The summed E-state index contributed by atoms with van der Waals surface area (Å²) in [5.41, 5.74) is -1.24. The van der Waals surface area contributed by atoms with E-state index in [4.69, 9.17) is 0 Å². The molecule has 2 aromatic carbocycles. The normalized spacial score (nSPS) is 11.0. The van der Waals surface area contributed by atoms with E-state index in [9.17, 15) is 22.8 Å². The molecule has 0 heterocycles. The van der Waals surface area contributed by atoms with Crippen LogP contribution in [0.2, 0.25) is 0 Å². The van der Waals surface area contributed by atoms with Crippen LogP contribution in [0, 0.1) is 3.57 Å². The summed E-state index contributed by atoms with van der Waals surface area (Å²) in [4.78, 5) is 23.5. The SMILES string of the molecule is O=C(COC(=O)c1ccccc1C(F)(F)F)Nc1cccc(I)c1. The van der Waals surface area contributed by atoms with Crippen LogP contribution in [-0.4, -0.2) is 18.5 Å². The topological polar surface area (TPSA) is 55.4 Å². The molecule has 24 heavy (non-hydrogen) atoms. The van der Waals surface area contributed by atoms with Crippen LogP contribution in [-0.2, 0) is 15.7 Å². The lowest BCUT2D eigenvalue weighted by atomic mass is 10.1. The van der Waals surface area contributed by atoms with Crippen molar-refractivity contribution in [1.82, 2.24) is 0 Å². The third-order valence-electron chi connectivity index (χ3n) is 2.90. The first-order valence-electron chi connectivity index (χ1n) is 6.66. The number of alkyl halides is 3. The van der Waals surface area contributed by atoms with Crippen molar-refractivity contribution >= 4 is 40.2 Å². The molecule has 0 saturated heterocycles. The average molecular weight is 449 g/mol. The zero-order chi connectivity index (χ0) is 17.7. The molecule has 0 saturated carbocycles. The number of nitrogens with one attached hydrogen (secondary N) is 1. The summed E-state index contributed by atoms with van der Waals surface area (Å²) >= 11 is 2.06. The molecule has 126 valence electrons. The van der Waals surface area contributed by atoms with Crippen LogP contribution in [0.15, 0.2) is 48.5 Å². The number of anilines is 1. The van der Waals surface area contributed by atoms with Gasteiger partial charge in [0.05, 0.1) is 11.1 Å².